The molecule has 0 radical (unpaired) electrons. The number of hydrogen-bond donors (Lipinski definition) is 0. The number of benzene rings is 8. The molecule has 0 spiro atoms. The van der Waals surface area contributed by atoms with Gasteiger partial charge in [0.15, 0.2) is 0 Å². The highest BCUT2D eigenvalue weighted by atomic mass is 15.1. The number of aromatic nitrogens is 1. The van der Waals surface area contributed by atoms with Crippen LogP contribution >= 0.6 is 0 Å². The number of nitrogens with zero attached hydrogens (tertiary/aromatic N) is 2. The summed E-state index contributed by atoms with van der Waals surface area (Å²) in [5, 5.41) is 5.06. The van der Waals surface area contributed by atoms with E-state index in [1.165, 1.54) is 71.6 Å². The normalized spacial score (nSPS) is 13.1. The third kappa shape index (κ3) is 4.57. The fourth-order valence-corrected chi connectivity index (χ4v) is 8.43. The number of para-hydroxylation sites is 2. The van der Waals surface area contributed by atoms with Crippen LogP contribution in [0.2, 0.25) is 0 Å². The largest absolute Gasteiger partial charge is 0.310 e. The molecule has 8 aromatic carbocycles. The lowest BCUT2D eigenvalue weighted by Crippen LogP contribution is -2.26. The van der Waals surface area contributed by atoms with E-state index in [9.17, 15) is 0 Å². The Balaban J connectivity index is 1.20. The molecule has 1 aliphatic rings. The van der Waals surface area contributed by atoms with Crippen molar-refractivity contribution in [3.8, 4) is 27.9 Å². The Morgan fingerprint density at radius 2 is 1.10 bits per heavy atom. The molecule has 0 fully saturated rings. The highest BCUT2D eigenvalue weighted by Crippen LogP contribution is 2.50. The third-order valence-corrected chi connectivity index (χ3v) is 10.9. The zero-order valence-electron chi connectivity index (χ0n) is 28.7. The average Bonchev–Trinajstić information content (AvgIpc) is 3.52. The van der Waals surface area contributed by atoms with E-state index in [2.05, 4.69) is 205 Å². The van der Waals surface area contributed by atoms with Gasteiger partial charge in [0, 0.05) is 33.2 Å². The van der Waals surface area contributed by atoms with Crippen molar-refractivity contribution in [3.63, 3.8) is 0 Å². The van der Waals surface area contributed by atoms with Gasteiger partial charge >= 0.3 is 0 Å². The van der Waals surface area contributed by atoms with Gasteiger partial charge in [-0.15, -0.1) is 0 Å². The molecular formula is C49H36N2. The van der Waals surface area contributed by atoms with Crippen LogP contribution in [0.25, 0.3) is 60.5 Å². The first-order valence-electron chi connectivity index (χ1n) is 17.8. The molecule has 51 heavy (non-hydrogen) atoms. The van der Waals surface area contributed by atoms with Gasteiger partial charge in [-0.3, -0.25) is 0 Å². The fourth-order valence-electron chi connectivity index (χ4n) is 8.43. The molecule has 0 unspecified atom stereocenters. The molecule has 9 aromatic rings. The maximum absolute atomic E-state index is 2.50. The summed E-state index contributed by atoms with van der Waals surface area (Å²) in [4.78, 5) is 2.38. The topological polar surface area (TPSA) is 8.17 Å². The lowest BCUT2D eigenvalue weighted by molar-refractivity contribution is 0.630. The van der Waals surface area contributed by atoms with Gasteiger partial charge in [0.2, 0.25) is 0 Å². The van der Waals surface area contributed by atoms with Gasteiger partial charge in [-0.2, -0.15) is 0 Å². The smallest absolute Gasteiger partial charge is 0.0582 e. The Kier molecular flexibility index (Phi) is 6.56. The van der Waals surface area contributed by atoms with Crippen LogP contribution in [0.4, 0.5) is 17.1 Å². The van der Waals surface area contributed by atoms with Crippen molar-refractivity contribution in [3.05, 3.63) is 193 Å². The van der Waals surface area contributed by atoms with E-state index in [0.29, 0.717) is 0 Å². The highest BCUT2D eigenvalue weighted by molar-refractivity contribution is 6.14. The molecule has 0 atom stereocenters. The van der Waals surface area contributed by atoms with E-state index in [4.69, 9.17) is 0 Å². The molecule has 2 nitrogen and oxygen atoms in total. The number of anilines is 3. The second-order valence-corrected chi connectivity index (χ2v) is 14.2. The van der Waals surface area contributed by atoms with Crippen molar-refractivity contribution in [2.75, 3.05) is 4.90 Å². The van der Waals surface area contributed by atoms with Crippen LogP contribution in [0.3, 0.4) is 0 Å². The predicted molar refractivity (Wildman–Crippen MR) is 216 cm³/mol. The first-order valence-corrected chi connectivity index (χ1v) is 17.8. The minimum atomic E-state index is -0.158. The van der Waals surface area contributed by atoms with E-state index in [1.54, 1.807) is 0 Å². The zero-order chi connectivity index (χ0) is 34.1. The van der Waals surface area contributed by atoms with Crippen LogP contribution in [0, 0.1) is 0 Å². The average molecular weight is 653 g/mol. The molecule has 0 saturated heterocycles. The Hall–Kier alpha value is -6.38. The first kappa shape index (κ1) is 29.5. The molecule has 2 heterocycles. The molecule has 242 valence electrons. The van der Waals surface area contributed by atoms with Gasteiger partial charge in [-0.25, -0.2) is 0 Å². The molecule has 10 rings (SSSR count). The third-order valence-electron chi connectivity index (χ3n) is 10.9. The van der Waals surface area contributed by atoms with E-state index < -0.39 is 0 Å². The van der Waals surface area contributed by atoms with Crippen LogP contribution in [0.1, 0.15) is 25.0 Å². The molecule has 0 bridgehead atoms. The van der Waals surface area contributed by atoms with E-state index in [1.807, 2.05) is 0 Å². The van der Waals surface area contributed by atoms with Crippen molar-refractivity contribution in [1.29, 1.82) is 0 Å². The van der Waals surface area contributed by atoms with Gasteiger partial charge < -0.3 is 9.47 Å². The summed E-state index contributed by atoms with van der Waals surface area (Å²) in [6.07, 6.45) is 0. The van der Waals surface area contributed by atoms with E-state index >= 15 is 0 Å². The molecule has 0 saturated carbocycles. The van der Waals surface area contributed by atoms with Crippen LogP contribution in [0.5, 0.6) is 0 Å². The first-order chi connectivity index (χ1) is 25.1. The van der Waals surface area contributed by atoms with Crippen molar-refractivity contribution in [1.82, 2.24) is 4.57 Å². The molecule has 1 aliphatic heterocycles. The van der Waals surface area contributed by atoms with Gasteiger partial charge in [0.25, 0.3) is 0 Å². The fraction of sp³-hybridized carbons (Fsp3) is 0.0612. The summed E-state index contributed by atoms with van der Waals surface area (Å²) < 4.78 is 2.50. The lowest BCUT2D eigenvalue weighted by Gasteiger charge is -2.35. The summed E-state index contributed by atoms with van der Waals surface area (Å²) in [5.41, 5.74) is 14.7. The molecular weight excluding hydrogens is 617 g/mol. The lowest BCUT2D eigenvalue weighted by atomic mass is 9.74. The van der Waals surface area contributed by atoms with Crippen molar-refractivity contribution in [2.45, 2.75) is 19.3 Å². The summed E-state index contributed by atoms with van der Waals surface area (Å²) >= 11 is 0. The second kappa shape index (κ2) is 11.3. The summed E-state index contributed by atoms with van der Waals surface area (Å²) in [6, 6.07) is 66.6. The SMILES string of the molecule is CC1(C)c2ccccc2-n2c3ccc(N(c4ccccc4)c4ccc(-c5cccc6ccccc56)cc4)cc3c3cc(-c4ccccc4)cc1c32. The van der Waals surface area contributed by atoms with Crippen molar-refractivity contribution < 1.29 is 0 Å². The van der Waals surface area contributed by atoms with Crippen LogP contribution in [0.15, 0.2) is 182 Å². The Morgan fingerprint density at radius 3 is 1.92 bits per heavy atom. The number of rotatable bonds is 5. The Bertz CT molecular complexity index is 2750. The van der Waals surface area contributed by atoms with Gasteiger partial charge in [-0.1, -0.05) is 135 Å². The number of fused-ring (bicyclic) bond motifs is 6. The van der Waals surface area contributed by atoms with Gasteiger partial charge in [-0.05, 0) is 105 Å². The predicted octanol–water partition coefficient (Wildman–Crippen LogP) is 13.4. The Morgan fingerprint density at radius 1 is 0.431 bits per heavy atom. The minimum Gasteiger partial charge on any atom is -0.310 e. The standard InChI is InChI=1S/C49H36N2/c1-49(2)44-22-11-12-23-47(44)51-46-29-28-39(32-42(46)43-30-36(31-45(49)48(43)51)33-14-5-3-6-15-33)50(37-18-7-4-8-19-37)38-26-24-35(25-27-38)41-21-13-17-34-16-9-10-20-40(34)41/h3-32H,1-2H3. The van der Waals surface area contributed by atoms with Crippen LogP contribution in [-0.4, -0.2) is 4.57 Å². The van der Waals surface area contributed by atoms with Crippen LogP contribution in [-0.2, 0) is 5.41 Å². The maximum Gasteiger partial charge on any atom is 0.0582 e. The summed E-state index contributed by atoms with van der Waals surface area (Å²) in [7, 11) is 0. The van der Waals surface area contributed by atoms with Crippen LogP contribution < -0.4 is 4.90 Å². The zero-order valence-corrected chi connectivity index (χ0v) is 28.7. The molecule has 1 aromatic heterocycles. The van der Waals surface area contributed by atoms with Crippen molar-refractivity contribution in [2.24, 2.45) is 0 Å². The molecule has 2 heteroatoms. The molecule has 0 N–H and O–H groups in total. The number of hydrogen-bond acceptors (Lipinski definition) is 1. The summed E-state index contributed by atoms with van der Waals surface area (Å²) in [5.74, 6) is 0. The molecule has 0 amide bonds. The van der Waals surface area contributed by atoms with Crippen molar-refractivity contribution >= 4 is 49.6 Å². The second-order valence-electron chi connectivity index (χ2n) is 14.2. The maximum atomic E-state index is 2.50. The monoisotopic (exact) mass is 652 g/mol. The highest BCUT2D eigenvalue weighted by Gasteiger charge is 2.35. The molecule has 0 aliphatic carbocycles. The summed E-state index contributed by atoms with van der Waals surface area (Å²) in [6.45, 7) is 4.75. The Labute approximate surface area is 298 Å². The van der Waals surface area contributed by atoms with E-state index in [0.717, 1.165) is 17.1 Å². The minimum absolute atomic E-state index is 0.158. The van der Waals surface area contributed by atoms with E-state index in [-0.39, 0.29) is 5.41 Å². The van der Waals surface area contributed by atoms with Gasteiger partial charge in [0.1, 0.15) is 0 Å². The van der Waals surface area contributed by atoms with Gasteiger partial charge in [0.05, 0.1) is 16.7 Å². The quantitative estimate of drug-likeness (QED) is 0.180.